The Morgan fingerprint density at radius 1 is 1.15 bits per heavy atom. The summed E-state index contributed by atoms with van der Waals surface area (Å²) in [5, 5.41) is 3.12. The van der Waals surface area contributed by atoms with Crippen molar-refractivity contribution in [2.75, 3.05) is 39.3 Å². The summed E-state index contributed by atoms with van der Waals surface area (Å²) < 4.78 is 0. The van der Waals surface area contributed by atoms with Gasteiger partial charge >= 0.3 is 0 Å². The van der Waals surface area contributed by atoms with E-state index in [1.54, 1.807) is 4.90 Å². The molecule has 0 saturated carbocycles. The maximum absolute atomic E-state index is 10.5. The van der Waals surface area contributed by atoms with Crippen LogP contribution in [-0.2, 0) is 4.79 Å². The molecule has 0 rings (SSSR count). The summed E-state index contributed by atoms with van der Waals surface area (Å²) >= 11 is 0. The van der Waals surface area contributed by atoms with Crippen molar-refractivity contribution in [3.8, 4) is 0 Å². The van der Waals surface area contributed by atoms with Gasteiger partial charge in [0.15, 0.2) is 0 Å². The zero-order chi connectivity index (χ0) is 9.94. The molecule has 5 nitrogen and oxygen atoms in total. The third-order valence-corrected chi connectivity index (χ3v) is 1.70. The van der Waals surface area contributed by atoms with E-state index in [4.69, 9.17) is 11.5 Å². The van der Waals surface area contributed by atoms with Gasteiger partial charge in [-0.1, -0.05) is 0 Å². The zero-order valence-electron chi connectivity index (χ0n) is 8.04. The molecule has 1 amide bonds. The van der Waals surface area contributed by atoms with Crippen molar-refractivity contribution < 1.29 is 4.79 Å². The lowest BCUT2D eigenvalue weighted by Crippen LogP contribution is -2.34. The molecule has 0 aromatic heterocycles. The van der Waals surface area contributed by atoms with Crippen LogP contribution in [0.5, 0.6) is 0 Å². The second kappa shape index (κ2) is 9.44. The minimum absolute atomic E-state index is 0.626. The van der Waals surface area contributed by atoms with Gasteiger partial charge in [-0.05, 0) is 13.0 Å². The number of nitrogens with two attached hydrogens (primary N) is 2. The van der Waals surface area contributed by atoms with Gasteiger partial charge < -0.3 is 21.7 Å². The minimum Gasteiger partial charge on any atom is -0.344 e. The Morgan fingerprint density at radius 3 is 2.46 bits per heavy atom. The molecule has 0 aliphatic heterocycles. The van der Waals surface area contributed by atoms with E-state index in [0.29, 0.717) is 13.1 Å². The second-order valence-corrected chi connectivity index (χ2v) is 2.82. The van der Waals surface area contributed by atoms with Gasteiger partial charge in [0.1, 0.15) is 0 Å². The van der Waals surface area contributed by atoms with Crippen molar-refractivity contribution >= 4 is 6.41 Å². The van der Waals surface area contributed by atoms with Crippen LogP contribution in [-0.4, -0.2) is 50.6 Å². The summed E-state index contributed by atoms with van der Waals surface area (Å²) in [4.78, 5) is 12.2. The number of nitrogens with zero attached hydrogens (tertiary/aromatic N) is 1. The first-order valence-corrected chi connectivity index (χ1v) is 4.65. The molecule has 0 heterocycles. The number of carbonyl (C=O) groups is 1. The molecule has 5 N–H and O–H groups in total. The third-order valence-electron chi connectivity index (χ3n) is 1.70. The summed E-state index contributed by atoms with van der Waals surface area (Å²) in [6, 6.07) is 0. The van der Waals surface area contributed by atoms with Gasteiger partial charge in [-0.2, -0.15) is 0 Å². The molecule has 13 heavy (non-hydrogen) atoms. The summed E-state index contributed by atoms with van der Waals surface area (Å²) in [5.74, 6) is 0. The molecular weight excluding hydrogens is 168 g/mol. The fourth-order valence-electron chi connectivity index (χ4n) is 0.961. The van der Waals surface area contributed by atoms with Crippen molar-refractivity contribution in [3.05, 3.63) is 0 Å². The van der Waals surface area contributed by atoms with E-state index >= 15 is 0 Å². The standard InChI is InChI=1S/C8H20N4O/c9-2-1-6-12(8-13)7-5-11-4-3-10/h8,11H,1-7,9-10H2. The van der Waals surface area contributed by atoms with Crippen molar-refractivity contribution in [3.63, 3.8) is 0 Å². The highest BCUT2D eigenvalue weighted by atomic mass is 16.1. The highest BCUT2D eigenvalue weighted by Gasteiger charge is 1.98. The molecule has 0 saturated heterocycles. The Kier molecular flexibility index (Phi) is 8.97. The predicted molar refractivity (Wildman–Crippen MR) is 53.2 cm³/mol. The van der Waals surface area contributed by atoms with E-state index in [-0.39, 0.29) is 0 Å². The van der Waals surface area contributed by atoms with Crippen LogP contribution >= 0.6 is 0 Å². The van der Waals surface area contributed by atoms with Crippen LogP contribution in [0.3, 0.4) is 0 Å². The fourth-order valence-corrected chi connectivity index (χ4v) is 0.961. The predicted octanol–water partition coefficient (Wildman–Crippen LogP) is -1.66. The summed E-state index contributed by atoms with van der Waals surface area (Å²) in [6.45, 7) is 4.31. The molecule has 5 heteroatoms. The number of rotatable bonds is 9. The van der Waals surface area contributed by atoms with Gasteiger partial charge in [0, 0.05) is 32.7 Å². The van der Waals surface area contributed by atoms with Crippen LogP contribution in [0.1, 0.15) is 6.42 Å². The highest BCUT2D eigenvalue weighted by Crippen LogP contribution is 1.84. The molecule has 0 fully saturated rings. The number of hydrogen-bond acceptors (Lipinski definition) is 4. The summed E-state index contributed by atoms with van der Waals surface area (Å²) in [6.07, 6.45) is 1.72. The van der Waals surface area contributed by atoms with Crippen molar-refractivity contribution in [2.24, 2.45) is 11.5 Å². The van der Waals surface area contributed by atoms with E-state index < -0.39 is 0 Å². The maximum Gasteiger partial charge on any atom is 0.209 e. The Labute approximate surface area is 79.4 Å². The topological polar surface area (TPSA) is 84.4 Å². The number of hydrogen-bond donors (Lipinski definition) is 3. The van der Waals surface area contributed by atoms with Crippen LogP contribution in [0.2, 0.25) is 0 Å². The second-order valence-electron chi connectivity index (χ2n) is 2.82. The van der Waals surface area contributed by atoms with E-state index in [1.165, 1.54) is 0 Å². The lowest BCUT2D eigenvalue weighted by Gasteiger charge is -2.16. The summed E-state index contributed by atoms with van der Waals surface area (Å²) in [7, 11) is 0. The van der Waals surface area contributed by atoms with Crippen LogP contribution in [0.4, 0.5) is 0 Å². The Bertz CT molecular complexity index is 121. The number of nitrogens with one attached hydrogen (secondary N) is 1. The van der Waals surface area contributed by atoms with E-state index in [1.807, 2.05) is 0 Å². The average Bonchev–Trinajstić information content (AvgIpc) is 2.17. The average molecular weight is 188 g/mol. The molecule has 0 bridgehead atoms. The van der Waals surface area contributed by atoms with Gasteiger partial charge in [-0.3, -0.25) is 4.79 Å². The lowest BCUT2D eigenvalue weighted by molar-refractivity contribution is -0.118. The Hall–Kier alpha value is -0.650. The molecule has 78 valence electrons. The molecule has 0 aromatic rings. The molecule has 0 atom stereocenters. The lowest BCUT2D eigenvalue weighted by atomic mass is 10.4. The van der Waals surface area contributed by atoms with Gasteiger partial charge in [0.05, 0.1) is 0 Å². The van der Waals surface area contributed by atoms with Gasteiger partial charge in [-0.15, -0.1) is 0 Å². The maximum atomic E-state index is 10.5. The van der Waals surface area contributed by atoms with E-state index in [2.05, 4.69) is 5.32 Å². The fraction of sp³-hybridized carbons (Fsp3) is 0.875. The molecule has 0 aromatic carbocycles. The minimum atomic E-state index is 0.626. The molecule has 0 aliphatic carbocycles. The Morgan fingerprint density at radius 2 is 1.92 bits per heavy atom. The zero-order valence-corrected chi connectivity index (χ0v) is 8.04. The third kappa shape index (κ3) is 7.70. The Balaban J connectivity index is 3.31. The van der Waals surface area contributed by atoms with E-state index in [9.17, 15) is 4.79 Å². The van der Waals surface area contributed by atoms with E-state index in [0.717, 1.165) is 39.0 Å². The molecule has 0 spiro atoms. The van der Waals surface area contributed by atoms with Gasteiger partial charge in [-0.25, -0.2) is 0 Å². The van der Waals surface area contributed by atoms with Crippen LogP contribution in [0.25, 0.3) is 0 Å². The first-order chi connectivity index (χ1) is 6.35. The van der Waals surface area contributed by atoms with Crippen molar-refractivity contribution in [1.29, 1.82) is 0 Å². The van der Waals surface area contributed by atoms with Crippen LogP contribution in [0.15, 0.2) is 0 Å². The quantitative estimate of drug-likeness (QED) is 0.299. The monoisotopic (exact) mass is 188 g/mol. The molecular formula is C8H20N4O. The van der Waals surface area contributed by atoms with Gasteiger partial charge in [0.2, 0.25) is 6.41 Å². The number of amides is 1. The van der Waals surface area contributed by atoms with Gasteiger partial charge in [0.25, 0.3) is 0 Å². The van der Waals surface area contributed by atoms with Crippen LogP contribution in [0, 0.1) is 0 Å². The normalized spacial score (nSPS) is 10.0. The first kappa shape index (κ1) is 12.3. The van der Waals surface area contributed by atoms with Crippen molar-refractivity contribution in [1.82, 2.24) is 10.2 Å². The van der Waals surface area contributed by atoms with Crippen molar-refractivity contribution in [2.45, 2.75) is 6.42 Å². The SMILES string of the molecule is NCCCN(C=O)CCNCCN. The highest BCUT2D eigenvalue weighted by molar-refractivity contribution is 5.46. The first-order valence-electron chi connectivity index (χ1n) is 4.65. The van der Waals surface area contributed by atoms with Crippen LogP contribution < -0.4 is 16.8 Å². The number of carbonyl (C=O) groups excluding carboxylic acids is 1. The molecule has 0 unspecified atom stereocenters. The molecule has 0 radical (unpaired) electrons. The smallest absolute Gasteiger partial charge is 0.209 e. The summed E-state index contributed by atoms with van der Waals surface area (Å²) in [5.41, 5.74) is 10.6. The largest absolute Gasteiger partial charge is 0.344 e. The molecule has 0 aliphatic rings.